The van der Waals surface area contributed by atoms with Crippen molar-refractivity contribution in [3.63, 3.8) is 0 Å². The first-order valence-corrected chi connectivity index (χ1v) is 9.03. The topological polar surface area (TPSA) is 67.8 Å². The quantitative estimate of drug-likeness (QED) is 0.579. The van der Waals surface area contributed by atoms with Gasteiger partial charge in [0.05, 0.1) is 16.8 Å². The van der Waals surface area contributed by atoms with Gasteiger partial charge in [0.15, 0.2) is 5.13 Å². The Morgan fingerprint density at radius 3 is 2.81 bits per heavy atom. The molecule has 0 bridgehead atoms. The number of anilines is 1. The molecule has 0 radical (unpaired) electrons. The molecular weight excluding hydrogens is 344 g/mol. The molecule has 5 nitrogen and oxygen atoms in total. The molecule has 0 spiro atoms. The van der Waals surface area contributed by atoms with Crippen LogP contribution in [0.3, 0.4) is 0 Å². The summed E-state index contributed by atoms with van der Waals surface area (Å²) in [5.41, 5.74) is 5.12. The number of aromatic nitrogens is 3. The summed E-state index contributed by atoms with van der Waals surface area (Å²) in [6.07, 6.45) is 5.28. The van der Waals surface area contributed by atoms with E-state index in [1.165, 1.54) is 11.3 Å². The van der Waals surface area contributed by atoms with Crippen LogP contribution in [0.5, 0.6) is 0 Å². The second-order valence-corrected chi connectivity index (χ2v) is 6.90. The molecule has 0 unspecified atom stereocenters. The highest BCUT2D eigenvalue weighted by molar-refractivity contribution is 7.13. The van der Waals surface area contributed by atoms with Crippen LogP contribution in [0.15, 0.2) is 54.3 Å². The van der Waals surface area contributed by atoms with Crippen LogP contribution in [0.2, 0.25) is 0 Å². The second kappa shape index (κ2) is 6.65. The van der Waals surface area contributed by atoms with Crippen molar-refractivity contribution in [2.24, 2.45) is 0 Å². The van der Waals surface area contributed by atoms with Gasteiger partial charge < -0.3 is 0 Å². The number of fused-ring (bicyclic) bond motifs is 1. The van der Waals surface area contributed by atoms with Gasteiger partial charge in [-0.05, 0) is 49.2 Å². The Labute approximate surface area is 154 Å². The molecule has 0 aliphatic carbocycles. The third-order valence-corrected chi connectivity index (χ3v) is 5.01. The summed E-state index contributed by atoms with van der Waals surface area (Å²) in [6.45, 7) is 3.93. The Morgan fingerprint density at radius 2 is 2.04 bits per heavy atom. The average Bonchev–Trinajstić information content (AvgIpc) is 3.06. The number of nitrogens with zero attached hydrogens (tertiary/aromatic N) is 3. The van der Waals surface area contributed by atoms with E-state index in [1.54, 1.807) is 12.4 Å². The van der Waals surface area contributed by atoms with Gasteiger partial charge in [-0.1, -0.05) is 6.07 Å². The van der Waals surface area contributed by atoms with Gasteiger partial charge in [-0.15, -0.1) is 11.3 Å². The lowest BCUT2D eigenvalue weighted by atomic mass is 9.97. The zero-order valence-corrected chi connectivity index (χ0v) is 15.2. The van der Waals surface area contributed by atoms with Crippen molar-refractivity contribution in [3.8, 4) is 11.1 Å². The van der Waals surface area contributed by atoms with Crippen LogP contribution in [0.25, 0.3) is 22.0 Å². The lowest BCUT2D eigenvalue weighted by Crippen LogP contribution is -2.13. The molecule has 0 fully saturated rings. The maximum absolute atomic E-state index is 12.9. The molecular formula is C20H16N4OS. The average molecular weight is 360 g/mol. The van der Waals surface area contributed by atoms with Gasteiger partial charge in [-0.3, -0.25) is 20.1 Å². The van der Waals surface area contributed by atoms with Gasteiger partial charge in [0.2, 0.25) is 0 Å². The Kier molecular flexibility index (Phi) is 4.18. The van der Waals surface area contributed by atoms with Gasteiger partial charge in [0.25, 0.3) is 5.91 Å². The largest absolute Gasteiger partial charge is 0.298 e. The van der Waals surface area contributed by atoms with Crippen molar-refractivity contribution in [1.29, 1.82) is 0 Å². The van der Waals surface area contributed by atoms with Crippen molar-refractivity contribution >= 4 is 33.3 Å². The zero-order valence-electron chi connectivity index (χ0n) is 14.4. The second-order valence-electron chi connectivity index (χ2n) is 6.04. The fourth-order valence-electron chi connectivity index (χ4n) is 2.86. The van der Waals surface area contributed by atoms with Gasteiger partial charge in [0, 0.05) is 34.9 Å². The maximum Gasteiger partial charge on any atom is 0.259 e. The SMILES string of the molecule is Cc1csc(NC(=O)c2cc(-c3cnccc3C)cc3cccnc23)n1. The number of carbonyl (C=O) groups excluding carboxylic acids is 1. The van der Waals surface area contributed by atoms with Gasteiger partial charge in [-0.25, -0.2) is 4.98 Å². The van der Waals surface area contributed by atoms with E-state index in [1.807, 2.05) is 55.8 Å². The number of hydrogen-bond donors (Lipinski definition) is 1. The molecule has 3 aromatic heterocycles. The predicted octanol–water partition coefficient (Wildman–Crippen LogP) is 4.62. The van der Waals surface area contributed by atoms with E-state index < -0.39 is 0 Å². The molecule has 4 rings (SSSR count). The lowest BCUT2D eigenvalue weighted by molar-refractivity contribution is 0.102. The van der Waals surface area contributed by atoms with Crippen LogP contribution in [-0.2, 0) is 0 Å². The highest BCUT2D eigenvalue weighted by Gasteiger charge is 2.16. The summed E-state index contributed by atoms with van der Waals surface area (Å²) in [5, 5.41) is 6.28. The van der Waals surface area contributed by atoms with Crippen molar-refractivity contribution in [1.82, 2.24) is 15.0 Å². The van der Waals surface area contributed by atoms with E-state index in [-0.39, 0.29) is 5.91 Å². The van der Waals surface area contributed by atoms with Crippen LogP contribution in [0.1, 0.15) is 21.6 Å². The predicted molar refractivity (Wildman–Crippen MR) is 105 cm³/mol. The first-order chi connectivity index (χ1) is 12.6. The molecule has 1 N–H and O–H groups in total. The fourth-order valence-corrected chi connectivity index (χ4v) is 3.55. The van der Waals surface area contributed by atoms with Gasteiger partial charge in [0.1, 0.15) is 0 Å². The number of carbonyl (C=O) groups is 1. The Morgan fingerprint density at radius 1 is 1.15 bits per heavy atom. The van der Waals surface area contributed by atoms with Crippen LogP contribution in [0, 0.1) is 13.8 Å². The summed E-state index contributed by atoms with van der Waals surface area (Å²) < 4.78 is 0. The molecule has 0 atom stereocenters. The van der Waals surface area contributed by atoms with E-state index >= 15 is 0 Å². The summed E-state index contributed by atoms with van der Waals surface area (Å²) >= 11 is 1.41. The molecule has 0 aliphatic heterocycles. The summed E-state index contributed by atoms with van der Waals surface area (Å²) in [5.74, 6) is -0.216. The number of aryl methyl sites for hydroxylation is 2. The lowest BCUT2D eigenvalue weighted by Gasteiger charge is -2.11. The minimum absolute atomic E-state index is 0.216. The molecule has 1 amide bonds. The summed E-state index contributed by atoms with van der Waals surface area (Å²) in [7, 11) is 0. The fraction of sp³-hybridized carbons (Fsp3) is 0.100. The molecule has 0 saturated heterocycles. The number of hydrogen-bond acceptors (Lipinski definition) is 5. The highest BCUT2D eigenvalue weighted by atomic mass is 32.1. The summed E-state index contributed by atoms with van der Waals surface area (Å²) in [6, 6.07) is 9.70. The van der Waals surface area contributed by atoms with E-state index in [2.05, 4.69) is 20.3 Å². The molecule has 0 saturated carbocycles. The number of amides is 1. The van der Waals surface area contributed by atoms with E-state index in [0.29, 0.717) is 16.2 Å². The number of pyridine rings is 2. The van der Waals surface area contributed by atoms with Crippen LogP contribution >= 0.6 is 11.3 Å². The van der Waals surface area contributed by atoms with Crippen LogP contribution in [0.4, 0.5) is 5.13 Å². The van der Waals surface area contributed by atoms with E-state index in [4.69, 9.17) is 0 Å². The molecule has 128 valence electrons. The van der Waals surface area contributed by atoms with Crippen molar-refractivity contribution in [2.45, 2.75) is 13.8 Å². The minimum atomic E-state index is -0.216. The smallest absolute Gasteiger partial charge is 0.259 e. The van der Waals surface area contributed by atoms with Crippen LogP contribution in [-0.4, -0.2) is 20.9 Å². The van der Waals surface area contributed by atoms with Crippen molar-refractivity contribution in [3.05, 3.63) is 71.1 Å². The minimum Gasteiger partial charge on any atom is -0.298 e. The maximum atomic E-state index is 12.9. The molecule has 1 aromatic carbocycles. The molecule has 4 aromatic rings. The first kappa shape index (κ1) is 16.4. The molecule has 6 heteroatoms. The first-order valence-electron chi connectivity index (χ1n) is 8.15. The van der Waals surface area contributed by atoms with Crippen LogP contribution < -0.4 is 5.32 Å². The number of benzene rings is 1. The number of rotatable bonds is 3. The third kappa shape index (κ3) is 3.07. The van der Waals surface area contributed by atoms with Gasteiger partial charge in [-0.2, -0.15) is 0 Å². The van der Waals surface area contributed by atoms with Crippen molar-refractivity contribution in [2.75, 3.05) is 5.32 Å². The normalized spacial score (nSPS) is 10.8. The Hall–Kier alpha value is -3.12. The Balaban J connectivity index is 1.84. The summed E-state index contributed by atoms with van der Waals surface area (Å²) in [4.78, 5) is 25.8. The monoisotopic (exact) mass is 360 g/mol. The third-order valence-electron chi connectivity index (χ3n) is 4.14. The van der Waals surface area contributed by atoms with E-state index in [0.717, 1.165) is 27.8 Å². The van der Waals surface area contributed by atoms with E-state index in [9.17, 15) is 4.79 Å². The standard InChI is InChI=1S/C20H16N4OS/c1-12-5-7-21-10-17(12)15-8-14-4-3-6-22-18(14)16(9-15)19(25)24-20-23-13(2)11-26-20/h3-11H,1-2H3,(H,23,24,25). The zero-order chi connectivity index (χ0) is 18.1. The molecule has 26 heavy (non-hydrogen) atoms. The van der Waals surface area contributed by atoms with Crippen molar-refractivity contribution < 1.29 is 4.79 Å². The highest BCUT2D eigenvalue weighted by Crippen LogP contribution is 2.29. The molecule has 3 heterocycles. The Bertz CT molecular complexity index is 1120. The molecule has 0 aliphatic rings. The van der Waals surface area contributed by atoms with Gasteiger partial charge >= 0.3 is 0 Å². The number of nitrogens with one attached hydrogen (secondary N) is 1. The number of thiazole rings is 1.